The zero-order valence-electron chi connectivity index (χ0n) is 11.1. The van der Waals surface area contributed by atoms with Crippen molar-refractivity contribution in [1.29, 1.82) is 0 Å². The van der Waals surface area contributed by atoms with Gasteiger partial charge in [0.2, 0.25) is 5.91 Å². The number of aryl methyl sites for hydroxylation is 1. The van der Waals surface area contributed by atoms with Crippen molar-refractivity contribution in [3.8, 4) is 0 Å². The minimum absolute atomic E-state index is 0.150. The highest BCUT2D eigenvalue weighted by Crippen LogP contribution is 2.27. The van der Waals surface area contributed by atoms with Crippen LogP contribution in [0.3, 0.4) is 0 Å². The van der Waals surface area contributed by atoms with E-state index in [-0.39, 0.29) is 11.8 Å². The summed E-state index contributed by atoms with van der Waals surface area (Å²) in [6, 6.07) is 0. The molecule has 1 aliphatic rings. The van der Waals surface area contributed by atoms with Gasteiger partial charge in [-0.1, -0.05) is 0 Å². The molecular formula is C13H21N3OS. The number of aromatic nitrogens is 1. The van der Waals surface area contributed by atoms with Crippen molar-refractivity contribution in [3.05, 3.63) is 16.1 Å². The SMILES string of the molecule is CN(C)CCCNC(=O)C1CCc2ncsc2C1. The highest BCUT2D eigenvalue weighted by Gasteiger charge is 2.25. The first-order valence-electron chi connectivity index (χ1n) is 6.50. The maximum absolute atomic E-state index is 12.0. The van der Waals surface area contributed by atoms with Crippen LogP contribution in [0, 0.1) is 5.92 Å². The number of carbonyl (C=O) groups is 1. The fourth-order valence-corrected chi connectivity index (χ4v) is 3.17. The summed E-state index contributed by atoms with van der Waals surface area (Å²) in [5.74, 6) is 0.366. The van der Waals surface area contributed by atoms with E-state index in [1.165, 1.54) is 10.6 Å². The molecule has 1 heterocycles. The maximum atomic E-state index is 12.0. The van der Waals surface area contributed by atoms with Gasteiger partial charge in [0.1, 0.15) is 0 Å². The van der Waals surface area contributed by atoms with E-state index in [1.807, 2.05) is 19.6 Å². The number of fused-ring (bicyclic) bond motifs is 1. The predicted molar refractivity (Wildman–Crippen MR) is 73.8 cm³/mol. The van der Waals surface area contributed by atoms with E-state index >= 15 is 0 Å². The first-order valence-corrected chi connectivity index (χ1v) is 7.38. The van der Waals surface area contributed by atoms with Crippen molar-refractivity contribution in [2.45, 2.75) is 25.7 Å². The molecule has 1 aromatic heterocycles. The number of amides is 1. The van der Waals surface area contributed by atoms with Crippen LogP contribution in [-0.2, 0) is 17.6 Å². The Morgan fingerprint density at radius 3 is 3.22 bits per heavy atom. The lowest BCUT2D eigenvalue weighted by molar-refractivity contribution is -0.125. The number of nitrogens with one attached hydrogen (secondary N) is 1. The summed E-state index contributed by atoms with van der Waals surface area (Å²) >= 11 is 1.68. The summed E-state index contributed by atoms with van der Waals surface area (Å²) in [4.78, 5) is 19.8. The molecular weight excluding hydrogens is 246 g/mol. The normalized spacial score (nSPS) is 18.7. The number of nitrogens with zero attached hydrogens (tertiary/aromatic N) is 2. The van der Waals surface area contributed by atoms with Crippen molar-refractivity contribution in [1.82, 2.24) is 15.2 Å². The minimum Gasteiger partial charge on any atom is -0.356 e. The Bertz CT molecular complexity index is 403. The monoisotopic (exact) mass is 267 g/mol. The van der Waals surface area contributed by atoms with Gasteiger partial charge in [-0.25, -0.2) is 4.98 Å². The van der Waals surface area contributed by atoms with Crippen molar-refractivity contribution in [2.24, 2.45) is 5.92 Å². The third-order valence-corrected chi connectivity index (χ3v) is 4.24. The molecule has 5 heteroatoms. The van der Waals surface area contributed by atoms with Crippen LogP contribution in [-0.4, -0.2) is 43.0 Å². The Kier molecular flexibility index (Phi) is 4.72. The van der Waals surface area contributed by atoms with Crippen LogP contribution in [0.4, 0.5) is 0 Å². The number of thiazole rings is 1. The number of hydrogen-bond donors (Lipinski definition) is 1. The summed E-state index contributed by atoms with van der Waals surface area (Å²) in [7, 11) is 4.10. The molecule has 1 unspecified atom stereocenters. The Labute approximate surface area is 112 Å². The van der Waals surface area contributed by atoms with Crippen molar-refractivity contribution in [2.75, 3.05) is 27.2 Å². The summed E-state index contributed by atoms with van der Waals surface area (Å²) in [5.41, 5.74) is 3.10. The Balaban J connectivity index is 1.74. The second-order valence-electron chi connectivity index (χ2n) is 5.11. The minimum atomic E-state index is 0.150. The summed E-state index contributed by atoms with van der Waals surface area (Å²) in [5, 5.41) is 3.05. The average molecular weight is 267 g/mol. The number of hydrogen-bond acceptors (Lipinski definition) is 4. The molecule has 0 radical (unpaired) electrons. The quantitative estimate of drug-likeness (QED) is 0.818. The Morgan fingerprint density at radius 1 is 1.61 bits per heavy atom. The van der Waals surface area contributed by atoms with Crippen LogP contribution >= 0.6 is 11.3 Å². The van der Waals surface area contributed by atoms with Gasteiger partial charge in [-0.3, -0.25) is 4.79 Å². The topological polar surface area (TPSA) is 45.2 Å². The lowest BCUT2D eigenvalue weighted by Crippen LogP contribution is -2.35. The summed E-state index contributed by atoms with van der Waals surface area (Å²) < 4.78 is 0. The largest absolute Gasteiger partial charge is 0.356 e. The van der Waals surface area contributed by atoms with Gasteiger partial charge in [0.05, 0.1) is 11.2 Å². The average Bonchev–Trinajstić information content (AvgIpc) is 2.81. The molecule has 1 amide bonds. The Hall–Kier alpha value is -0.940. The summed E-state index contributed by atoms with van der Waals surface area (Å²) in [6.07, 6.45) is 3.78. The molecule has 1 N–H and O–H groups in total. The first kappa shape index (κ1) is 13.5. The molecule has 2 rings (SSSR count). The molecule has 100 valence electrons. The second-order valence-corrected chi connectivity index (χ2v) is 6.05. The first-order chi connectivity index (χ1) is 8.66. The zero-order chi connectivity index (χ0) is 13.0. The van der Waals surface area contributed by atoms with E-state index in [9.17, 15) is 4.79 Å². The fraction of sp³-hybridized carbons (Fsp3) is 0.692. The van der Waals surface area contributed by atoms with E-state index in [0.717, 1.165) is 38.8 Å². The van der Waals surface area contributed by atoms with Gasteiger partial charge in [-0.2, -0.15) is 0 Å². The van der Waals surface area contributed by atoms with E-state index in [2.05, 4.69) is 15.2 Å². The molecule has 1 atom stereocenters. The lowest BCUT2D eigenvalue weighted by atomic mass is 9.90. The third kappa shape index (κ3) is 3.53. The van der Waals surface area contributed by atoms with Crippen LogP contribution in [0.2, 0.25) is 0 Å². The van der Waals surface area contributed by atoms with Gasteiger partial charge in [0.25, 0.3) is 0 Å². The van der Waals surface area contributed by atoms with Gasteiger partial charge in [-0.05, 0) is 46.3 Å². The molecule has 4 nitrogen and oxygen atoms in total. The smallest absolute Gasteiger partial charge is 0.223 e. The molecule has 18 heavy (non-hydrogen) atoms. The molecule has 0 aliphatic heterocycles. The van der Waals surface area contributed by atoms with E-state index in [4.69, 9.17) is 0 Å². The highest BCUT2D eigenvalue weighted by atomic mass is 32.1. The molecule has 0 aromatic carbocycles. The second kappa shape index (κ2) is 6.29. The molecule has 1 aliphatic carbocycles. The van der Waals surface area contributed by atoms with Crippen LogP contribution in [0.25, 0.3) is 0 Å². The van der Waals surface area contributed by atoms with Gasteiger partial charge < -0.3 is 10.2 Å². The van der Waals surface area contributed by atoms with E-state index < -0.39 is 0 Å². The molecule has 0 fully saturated rings. The molecule has 0 spiro atoms. The van der Waals surface area contributed by atoms with Crippen LogP contribution in [0.1, 0.15) is 23.4 Å². The fourth-order valence-electron chi connectivity index (χ4n) is 2.28. The van der Waals surface area contributed by atoms with Crippen LogP contribution in [0.5, 0.6) is 0 Å². The predicted octanol–water partition coefficient (Wildman–Crippen LogP) is 1.32. The van der Waals surface area contributed by atoms with E-state index in [0.29, 0.717) is 0 Å². The van der Waals surface area contributed by atoms with Crippen LogP contribution < -0.4 is 5.32 Å². The van der Waals surface area contributed by atoms with Gasteiger partial charge in [0.15, 0.2) is 0 Å². The number of carbonyl (C=O) groups excluding carboxylic acids is 1. The van der Waals surface area contributed by atoms with Gasteiger partial charge in [0, 0.05) is 17.3 Å². The number of rotatable bonds is 5. The zero-order valence-corrected chi connectivity index (χ0v) is 11.9. The van der Waals surface area contributed by atoms with Crippen LogP contribution in [0.15, 0.2) is 5.51 Å². The Morgan fingerprint density at radius 2 is 2.44 bits per heavy atom. The molecule has 0 bridgehead atoms. The third-order valence-electron chi connectivity index (χ3n) is 3.34. The van der Waals surface area contributed by atoms with Crippen molar-refractivity contribution in [3.63, 3.8) is 0 Å². The molecule has 1 aromatic rings. The molecule has 0 saturated carbocycles. The standard InChI is InChI=1S/C13H21N3OS/c1-16(2)7-3-6-14-13(17)10-4-5-11-12(8-10)18-9-15-11/h9-10H,3-8H2,1-2H3,(H,14,17). The van der Waals surface area contributed by atoms with Crippen molar-refractivity contribution < 1.29 is 4.79 Å². The lowest BCUT2D eigenvalue weighted by Gasteiger charge is -2.20. The van der Waals surface area contributed by atoms with Crippen molar-refractivity contribution >= 4 is 17.2 Å². The van der Waals surface area contributed by atoms with Gasteiger partial charge in [-0.15, -0.1) is 11.3 Å². The van der Waals surface area contributed by atoms with Gasteiger partial charge >= 0.3 is 0 Å². The maximum Gasteiger partial charge on any atom is 0.223 e. The van der Waals surface area contributed by atoms with E-state index in [1.54, 1.807) is 11.3 Å². The summed E-state index contributed by atoms with van der Waals surface area (Å²) in [6.45, 7) is 1.80. The molecule has 0 saturated heterocycles. The highest BCUT2D eigenvalue weighted by molar-refractivity contribution is 7.09.